The Balaban J connectivity index is 0.000000354. The maximum Gasteiger partial charge on any atom is 0.115 e. The lowest BCUT2D eigenvalue weighted by molar-refractivity contribution is 0.685. The Labute approximate surface area is 85.8 Å². The molecule has 2 aliphatic carbocycles. The van der Waals surface area contributed by atoms with Crippen LogP contribution in [0.25, 0.3) is 0 Å². The molecule has 0 N–H and O–H groups in total. The quantitative estimate of drug-likeness (QED) is 0.628. The van der Waals surface area contributed by atoms with Crippen molar-refractivity contribution >= 4 is 0 Å². The summed E-state index contributed by atoms with van der Waals surface area (Å²) in [4.78, 5) is 8.65. The van der Waals surface area contributed by atoms with Gasteiger partial charge < -0.3 is 0 Å². The number of fused-ring (bicyclic) bond motifs is 5. The van der Waals surface area contributed by atoms with E-state index in [1.54, 1.807) is 6.33 Å². The number of aryl methyl sites for hydroxylation is 1. The van der Waals surface area contributed by atoms with Crippen LogP contribution in [0.4, 0.5) is 0 Å². The van der Waals surface area contributed by atoms with Crippen molar-refractivity contribution in [1.29, 1.82) is 0 Å². The van der Waals surface area contributed by atoms with Crippen molar-refractivity contribution in [3.8, 4) is 0 Å². The van der Waals surface area contributed by atoms with Gasteiger partial charge in [0.1, 0.15) is 6.33 Å². The van der Waals surface area contributed by atoms with Crippen LogP contribution in [-0.2, 0) is 0 Å². The van der Waals surface area contributed by atoms with Gasteiger partial charge in [-0.1, -0.05) is 13.8 Å². The summed E-state index contributed by atoms with van der Waals surface area (Å²) < 4.78 is 0. The molecule has 3 rings (SSSR count). The molecule has 0 aromatic carbocycles. The van der Waals surface area contributed by atoms with Gasteiger partial charge in [-0.25, -0.2) is 9.97 Å². The van der Waals surface area contributed by atoms with Gasteiger partial charge in [0.2, 0.25) is 0 Å². The van der Waals surface area contributed by atoms with Crippen molar-refractivity contribution < 1.29 is 0 Å². The summed E-state index contributed by atoms with van der Waals surface area (Å²) >= 11 is 0. The second-order valence-electron chi connectivity index (χ2n) is 3.96. The summed E-state index contributed by atoms with van der Waals surface area (Å²) in [6, 6.07) is 0. The van der Waals surface area contributed by atoms with Gasteiger partial charge in [0.15, 0.2) is 0 Å². The van der Waals surface area contributed by atoms with Crippen LogP contribution < -0.4 is 0 Å². The van der Waals surface area contributed by atoms with Crippen LogP contribution in [0.15, 0.2) is 6.33 Å². The molecular formula is C12H18N2. The largest absolute Gasteiger partial charge is 0.241 e. The molecule has 2 nitrogen and oxygen atoms in total. The zero-order chi connectivity index (χ0) is 10.1. The third-order valence-electron chi connectivity index (χ3n) is 3.34. The van der Waals surface area contributed by atoms with E-state index < -0.39 is 0 Å². The highest BCUT2D eigenvalue weighted by atomic mass is 14.9. The first-order valence-corrected chi connectivity index (χ1v) is 5.67. The Bertz CT molecular complexity index is 333. The van der Waals surface area contributed by atoms with Crippen LogP contribution in [0.2, 0.25) is 0 Å². The fourth-order valence-electron chi connectivity index (χ4n) is 2.82. The van der Waals surface area contributed by atoms with Gasteiger partial charge >= 0.3 is 0 Å². The Morgan fingerprint density at radius 3 is 2.57 bits per heavy atom. The number of hydrogen-bond acceptors (Lipinski definition) is 2. The molecule has 1 aromatic rings. The summed E-state index contributed by atoms with van der Waals surface area (Å²) in [7, 11) is 0. The van der Waals surface area contributed by atoms with E-state index >= 15 is 0 Å². The first-order chi connectivity index (χ1) is 6.86. The number of nitrogens with zero attached hydrogens (tertiary/aromatic N) is 2. The second-order valence-corrected chi connectivity index (χ2v) is 3.96. The molecule has 0 saturated heterocycles. The first-order valence-electron chi connectivity index (χ1n) is 5.67. The van der Waals surface area contributed by atoms with Crippen LogP contribution in [0.3, 0.4) is 0 Å². The van der Waals surface area contributed by atoms with Crippen LogP contribution in [0.5, 0.6) is 0 Å². The Hall–Kier alpha value is -0.920. The highest BCUT2D eigenvalue weighted by molar-refractivity contribution is 5.38. The predicted molar refractivity (Wildman–Crippen MR) is 57.5 cm³/mol. The predicted octanol–water partition coefficient (Wildman–Crippen LogP) is 3.18. The Kier molecular flexibility index (Phi) is 2.53. The van der Waals surface area contributed by atoms with E-state index in [4.69, 9.17) is 0 Å². The summed E-state index contributed by atoms with van der Waals surface area (Å²) in [6.45, 7) is 6.11. The fourth-order valence-corrected chi connectivity index (χ4v) is 2.82. The van der Waals surface area contributed by atoms with E-state index in [1.165, 1.54) is 36.2 Å². The lowest BCUT2D eigenvalue weighted by Crippen LogP contribution is -2.04. The van der Waals surface area contributed by atoms with Crippen LogP contribution >= 0.6 is 0 Å². The average molecular weight is 190 g/mol. The summed E-state index contributed by atoms with van der Waals surface area (Å²) in [5.41, 5.74) is 4.06. The number of hydrogen-bond donors (Lipinski definition) is 0. The van der Waals surface area contributed by atoms with Crippen LogP contribution in [0.1, 0.15) is 61.9 Å². The molecular weight excluding hydrogens is 172 g/mol. The van der Waals surface area contributed by atoms with Crippen LogP contribution in [0, 0.1) is 6.92 Å². The molecule has 0 aliphatic heterocycles. The second kappa shape index (κ2) is 3.68. The van der Waals surface area contributed by atoms with Crippen molar-refractivity contribution in [3.05, 3.63) is 23.3 Å². The van der Waals surface area contributed by atoms with E-state index in [9.17, 15) is 0 Å². The van der Waals surface area contributed by atoms with Gasteiger partial charge in [-0.3, -0.25) is 0 Å². The molecule has 1 saturated carbocycles. The van der Waals surface area contributed by atoms with Gasteiger partial charge in [0, 0.05) is 11.6 Å². The van der Waals surface area contributed by atoms with Gasteiger partial charge in [-0.15, -0.1) is 0 Å². The normalized spacial score (nSPS) is 26.8. The number of aromatic nitrogens is 2. The molecule has 2 bridgehead atoms. The molecule has 1 heterocycles. The molecule has 1 aromatic heterocycles. The van der Waals surface area contributed by atoms with Crippen molar-refractivity contribution in [1.82, 2.24) is 9.97 Å². The minimum Gasteiger partial charge on any atom is -0.241 e. The monoisotopic (exact) mass is 190 g/mol. The van der Waals surface area contributed by atoms with E-state index in [2.05, 4.69) is 16.9 Å². The highest BCUT2D eigenvalue weighted by Gasteiger charge is 2.39. The fraction of sp³-hybridized carbons (Fsp3) is 0.667. The van der Waals surface area contributed by atoms with E-state index in [0.29, 0.717) is 0 Å². The van der Waals surface area contributed by atoms with Crippen LogP contribution in [-0.4, -0.2) is 9.97 Å². The van der Waals surface area contributed by atoms with E-state index in [1.807, 2.05) is 13.8 Å². The zero-order valence-corrected chi connectivity index (χ0v) is 9.25. The van der Waals surface area contributed by atoms with Gasteiger partial charge in [-0.2, -0.15) is 0 Å². The van der Waals surface area contributed by atoms with Gasteiger partial charge in [0.25, 0.3) is 0 Å². The SMILES string of the molecule is CC.Cc1ncnc2c1C1CCC2C1. The van der Waals surface area contributed by atoms with Crippen molar-refractivity contribution in [2.75, 3.05) is 0 Å². The molecule has 1 fully saturated rings. The standard InChI is InChI=1S/C10H12N2.C2H6/c1-6-9-7-2-3-8(4-7)10(9)12-5-11-6;1-2/h5,7-8H,2-4H2,1H3;1-2H3. The smallest absolute Gasteiger partial charge is 0.115 e. The molecule has 2 unspecified atom stereocenters. The molecule has 0 radical (unpaired) electrons. The van der Waals surface area contributed by atoms with Crippen molar-refractivity contribution in [3.63, 3.8) is 0 Å². The zero-order valence-electron chi connectivity index (χ0n) is 9.25. The highest BCUT2D eigenvalue weighted by Crippen LogP contribution is 2.52. The third kappa shape index (κ3) is 1.24. The lowest BCUT2D eigenvalue weighted by atomic mass is 9.95. The topological polar surface area (TPSA) is 25.8 Å². The molecule has 2 aliphatic rings. The minimum absolute atomic E-state index is 0.770. The summed E-state index contributed by atoms with van der Waals surface area (Å²) in [5, 5.41) is 0. The van der Waals surface area contributed by atoms with Gasteiger partial charge in [0.05, 0.1) is 5.69 Å². The molecule has 2 atom stereocenters. The average Bonchev–Trinajstić information content (AvgIpc) is 2.82. The van der Waals surface area contributed by atoms with E-state index in [-0.39, 0.29) is 0 Å². The van der Waals surface area contributed by atoms with Crippen molar-refractivity contribution in [2.24, 2.45) is 0 Å². The summed E-state index contributed by atoms with van der Waals surface area (Å²) in [6.07, 6.45) is 5.78. The van der Waals surface area contributed by atoms with Crippen molar-refractivity contribution in [2.45, 2.75) is 51.9 Å². The van der Waals surface area contributed by atoms with E-state index in [0.717, 1.165) is 11.8 Å². The molecule has 14 heavy (non-hydrogen) atoms. The minimum atomic E-state index is 0.770. The lowest BCUT2D eigenvalue weighted by Gasteiger charge is -2.14. The number of rotatable bonds is 0. The molecule has 0 amide bonds. The molecule has 76 valence electrons. The molecule has 2 heteroatoms. The maximum atomic E-state index is 4.39. The Morgan fingerprint density at radius 2 is 1.86 bits per heavy atom. The Morgan fingerprint density at radius 1 is 1.14 bits per heavy atom. The first kappa shape index (κ1) is 9.63. The third-order valence-corrected chi connectivity index (χ3v) is 3.34. The molecule has 0 spiro atoms. The van der Waals surface area contributed by atoms with Gasteiger partial charge in [-0.05, 0) is 37.7 Å². The maximum absolute atomic E-state index is 4.39. The summed E-state index contributed by atoms with van der Waals surface area (Å²) in [5.74, 6) is 1.57.